The third-order valence-corrected chi connectivity index (χ3v) is 3.12. The summed E-state index contributed by atoms with van der Waals surface area (Å²) in [4.78, 5) is 15.1. The molecular formula is C15H18N2O. The maximum atomic E-state index is 10.7. The van der Waals surface area contributed by atoms with Gasteiger partial charge in [0.05, 0.1) is 0 Å². The summed E-state index contributed by atoms with van der Waals surface area (Å²) in [6, 6.07) is 5.81. The number of carbonyl (C=O) groups is 1. The van der Waals surface area contributed by atoms with Crippen LogP contribution in [-0.4, -0.2) is 15.8 Å². The van der Waals surface area contributed by atoms with Crippen LogP contribution in [0.1, 0.15) is 40.7 Å². The Morgan fingerprint density at radius 3 is 2.89 bits per heavy atom. The fourth-order valence-electron chi connectivity index (χ4n) is 2.11. The highest BCUT2D eigenvalue weighted by atomic mass is 16.1. The molecule has 0 radical (unpaired) electrons. The van der Waals surface area contributed by atoms with Crippen LogP contribution in [0.5, 0.6) is 0 Å². The normalized spacial score (nSPS) is 10.6. The molecule has 0 spiro atoms. The monoisotopic (exact) mass is 242 g/mol. The molecule has 1 heterocycles. The topological polar surface area (TPSA) is 34.9 Å². The average Bonchev–Trinajstić information content (AvgIpc) is 2.80. The summed E-state index contributed by atoms with van der Waals surface area (Å²) in [6.07, 6.45) is 6.67. The smallest absolute Gasteiger partial charge is 0.150 e. The van der Waals surface area contributed by atoms with E-state index in [1.165, 1.54) is 5.56 Å². The molecule has 3 nitrogen and oxygen atoms in total. The highest BCUT2D eigenvalue weighted by Crippen LogP contribution is 2.14. The molecule has 1 aromatic heterocycles. The summed E-state index contributed by atoms with van der Waals surface area (Å²) in [5, 5.41) is 0. The SMILES string of the molecule is CCCn1ccnc1Cc1ccc(C=O)cc1C. The van der Waals surface area contributed by atoms with Crippen molar-refractivity contribution in [2.24, 2.45) is 0 Å². The summed E-state index contributed by atoms with van der Waals surface area (Å²) in [7, 11) is 0. The first kappa shape index (κ1) is 12.6. The van der Waals surface area contributed by atoms with Crippen molar-refractivity contribution in [2.45, 2.75) is 33.2 Å². The molecule has 0 bridgehead atoms. The van der Waals surface area contributed by atoms with Crippen LogP contribution in [0.2, 0.25) is 0 Å². The van der Waals surface area contributed by atoms with Gasteiger partial charge in [-0.3, -0.25) is 4.79 Å². The molecule has 0 amide bonds. The van der Waals surface area contributed by atoms with Gasteiger partial charge in [0.1, 0.15) is 12.1 Å². The number of carbonyl (C=O) groups excluding carboxylic acids is 1. The Hall–Kier alpha value is -1.90. The molecule has 1 aromatic carbocycles. The molecule has 2 rings (SSSR count). The molecule has 0 aliphatic rings. The molecule has 0 aliphatic carbocycles. The zero-order valence-corrected chi connectivity index (χ0v) is 10.9. The van der Waals surface area contributed by atoms with Crippen LogP contribution in [-0.2, 0) is 13.0 Å². The van der Waals surface area contributed by atoms with Crippen molar-refractivity contribution in [3.8, 4) is 0 Å². The molecule has 0 atom stereocenters. The van der Waals surface area contributed by atoms with Gasteiger partial charge in [0.15, 0.2) is 0 Å². The van der Waals surface area contributed by atoms with Gasteiger partial charge < -0.3 is 4.57 Å². The van der Waals surface area contributed by atoms with Crippen LogP contribution in [0, 0.1) is 6.92 Å². The number of hydrogen-bond donors (Lipinski definition) is 0. The molecule has 0 fully saturated rings. The van der Waals surface area contributed by atoms with Crippen molar-refractivity contribution in [3.05, 3.63) is 53.1 Å². The number of aldehydes is 1. The van der Waals surface area contributed by atoms with Crippen molar-refractivity contribution in [1.29, 1.82) is 0 Å². The highest BCUT2D eigenvalue weighted by Gasteiger charge is 2.06. The molecule has 0 saturated heterocycles. The van der Waals surface area contributed by atoms with E-state index in [0.717, 1.165) is 42.6 Å². The Bertz CT molecular complexity index is 543. The Labute approximate surface area is 107 Å². The van der Waals surface area contributed by atoms with E-state index < -0.39 is 0 Å². The van der Waals surface area contributed by atoms with E-state index in [-0.39, 0.29) is 0 Å². The van der Waals surface area contributed by atoms with Gasteiger partial charge in [0.2, 0.25) is 0 Å². The standard InChI is InChI=1S/C15H18N2O/c1-3-7-17-8-6-16-15(17)10-14-5-4-13(11-18)9-12(14)2/h4-6,8-9,11H,3,7,10H2,1-2H3. The van der Waals surface area contributed by atoms with Crippen molar-refractivity contribution in [3.63, 3.8) is 0 Å². The third-order valence-electron chi connectivity index (χ3n) is 3.12. The quantitative estimate of drug-likeness (QED) is 0.755. The zero-order valence-electron chi connectivity index (χ0n) is 10.9. The van der Waals surface area contributed by atoms with E-state index in [2.05, 4.69) is 16.5 Å². The van der Waals surface area contributed by atoms with Crippen LogP contribution < -0.4 is 0 Å². The second-order valence-corrected chi connectivity index (χ2v) is 4.52. The summed E-state index contributed by atoms with van der Waals surface area (Å²) >= 11 is 0. The molecule has 0 aliphatic heterocycles. The van der Waals surface area contributed by atoms with Crippen LogP contribution in [0.15, 0.2) is 30.6 Å². The van der Waals surface area contributed by atoms with Crippen molar-refractivity contribution >= 4 is 6.29 Å². The van der Waals surface area contributed by atoms with Crippen LogP contribution in [0.3, 0.4) is 0 Å². The number of benzene rings is 1. The van der Waals surface area contributed by atoms with E-state index in [0.29, 0.717) is 0 Å². The van der Waals surface area contributed by atoms with E-state index in [1.807, 2.05) is 37.5 Å². The zero-order chi connectivity index (χ0) is 13.0. The second kappa shape index (κ2) is 5.63. The van der Waals surface area contributed by atoms with Gasteiger partial charge in [-0.05, 0) is 30.5 Å². The van der Waals surface area contributed by atoms with Crippen molar-refractivity contribution in [1.82, 2.24) is 9.55 Å². The fraction of sp³-hybridized carbons (Fsp3) is 0.333. The largest absolute Gasteiger partial charge is 0.335 e. The summed E-state index contributed by atoms with van der Waals surface area (Å²) in [5.74, 6) is 1.08. The molecule has 18 heavy (non-hydrogen) atoms. The van der Waals surface area contributed by atoms with Gasteiger partial charge in [-0.25, -0.2) is 4.98 Å². The number of aromatic nitrogens is 2. The highest BCUT2D eigenvalue weighted by molar-refractivity contribution is 5.75. The molecule has 0 saturated carbocycles. The lowest BCUT2D eigenvalue weighted by Gasteiger charge is -2.09. The first-order valence-electron chi connectivity index (χ1n) is 6.29. The van der Waals surface area contributed by atoms with E-state index in [4.69, 9.17) is 0 Å². The number of rotatable bonds is 5. The van der Waals surface area contributed by atoms with Gasteiger partial charge in [0, 0.05) is 30.9 Å². The lowest BCUT2D eigenvalue weighted by atomic mass is 10.0. The predicted molar refractivity (Wildman–Crippen MR) is 71.9 cm³/mol. The maximum Gasteiger partial charge on any atom is 0.150 e. The lowest BCUT2D eigenvalue weighted by molar-refractivity contribution is 0.112. The van der Waals surface area contributed by atoms with Crippen LogP contribution in [0.4, 0.5) is 0 Å². The van der Waals surface area contributed by atoms with Gasteiger partial charge in [-0.2, -0.15) is 0 Å². The van der Waals surface area contributed by atoms with Gasteiger partial charge in [-0.15, -0.1) is 0 Å². The Morgan fingerprint density at radius 2 is 2.22 bits per heavy atom. The number of aryl methyl sites for hydroxylation is 2. The van der Waals surface area contributed by atoms with Gasteiger partial charge in [-0.1, -0.05) is 19.1 Å². The summed E-state index contributed by atoms with van der Waals surface area (Å²) in [5.41, 5.74) is 3.10. The third kappa shape index (κ3) is 2.67. The molecule has 3 heteroatoms. The molecule has 2 aromatic rings. The van der Waals surface area contributed by atoms with Crippen LogP contribution >= 0.6 is 0 Å². The fourth-order valence-corrected chi connectivity index (χ4v) is 2.11. The number of nitrogens with zero attached hydrogens (tertiary/aromatic N) is 2. The second-order valence-electron chi connectivity index (χ2n) is 4.52. The Kier molecular flexibility index (Phi) is 3.92. The molecule has 0 N–H and O–H groups in total. The first-order chi connectivity index (χ1) is 8.74. The molecule has 0 unspecified atom stereocenters. The Balaban J connectivity index is 2.23. The number of hydrogen-bond acceptors (Lipinski definition) is 2. The molecule has 94 valence electrons. The average molecular weight is 242 g/mol. The van der Waals surface area contributed by atoms with E-state index >= 15 is 0 Å². The summed E-state index contributed by atoms with van der Waals surface area (Å²) in [6.45, 7) is 5.20. The lowest BCUT2D eigenvalue weighted by Crippen LogP contribution is -2.04. The van der Waals surface area contributed by atoms with E-state index in [1.54, 1.807) is 0 Å². The molecular weight excluding hydrogens is 224 g/mol. The Morgan fingerprint density at radius 1 is 1.39 bits per heavy atom. The minimum atomic E-state index is 0.730. The minimum absolute atomic E-state index is 0.730. The van der Waals surface area contributed by atoms with Gasteiger partial charge >= 0.3 is 0 Å². The van der Waals surface area contributed by atoms with Crippen molar-refractivity contribution in [2.75, 3.05) is 0 Å². The summed E-state index contributed by atoms with van der Waals surface area (Å²) < 4.78 is 2.19. The van der Waals surface area contributed by atoms with E-state index in [9.17, 15) is 4.79 Å². The van der Waals surface area contributed by atoms with Crippen molar-refractivity contribution < 1.29 is 4.79 Å². The maximum absolute atomic E-state index is 10.7. The first-order valence-corrected chi connectivity index (χ1v) is 6.29. The predicted octanol–water partition coefficient (Wildman–Crippen LogP) is 3.00. The van der Waals surface area contributed by atoms with Gasteiger partial charge in [0.25, 0.3) is 0 Å². The minimum Gasteiger partial charge on any atom is -0.335 e. The van der Waals surface area contributed by atoms with Crippen LogP contribution in [0.25, 0.3) is 0 Å². The number of imidazole rings is 1.